The largest absolute Gasteiger partial charge is 0.461 e. The molecule has 3 atom stereocenters. The van der Waals surface area contributed by atoms with Gasteiger partial charge in [0.1, 0.15) is 6.10 Å². The van der Waals surface area contributed by atoms with Crippen LogP contribution in [0.15, 0.2) is 0 Å². The van der Waals surface area contributed by atoms with Crippen molar-refractivity contribution < 1.29 is 14.0 Å². The van der Waals surface area contributed by atoms with Crippen molar-refractivity contribution in [2.45, 2.75) is 192 Å². The van der Waals surface area contributed by atoms with Crippen molar-refractivity contribution in [1.82, 2.24) is 0 Å². The van der Waals surface area contributed by atoms with Crippen LogP contribution in [0.25, 0.3) is 0 Å². The van der Waals surface area contributed by atoms with Gasteiger partial charge in [-0.15, -0.1) is 0 Å². The van der Waals surface area contributed by atoms with Gasteiger partial charge in [-0.1, -0.05) is 138 Å². The van der Waals surface area contributed by atoms with Crippen LogP contribution in [-0.4, -0.2) is 34.6 Å². The third-order valence-electron chi connectivity index (χ3n) is 9.30. The maximum Gasteiger partial charge on any atom is 0.313 e. The highest BCUT2D eigenvalue weighted by Gasteiger charge is 2.64. The van der Waals surface area contributed by atoms with E-state index in [-0.39, 0.29) is 28.3 Å². The van der Waals surface area contributed by atoms with Crippen LogP contribution in [0, 0.1) is 0 Å². The molecule has 36 heavy (non-hydrogen) atoms. The highest BCUT2D eigenvalue weighted by atomic mass is 28.4. The Bertz CT molecular complexity index is 620. The Kier molecular flexibility index (Phi) is 14.5. The van der Waals surface area contributed by atoms with Crippen LogP contribution in [0.5, 0.6) is 0 Å². The Morgan fingerprint density at radius 2 is 1.28 bits per heavy atom. The van der Waals surface area contributed by atoms with E-state index in [0.29, 0.717) is 0 Å². The molecule has 0 aliphatic carbocycles. The minimum atomic E-state index is -1.89. The smallest absolute Gasteiger partial charge is 0.313 e. The average Bonchev–Trinajstić information content (AvgIpc) is 2.75. The van der Waals surface area contributed by atoms with Crippen LogP contribution in [-0.2, 0) is 14.0 Å². The molecule has 0 bridgehead atoms. The number of cyclic esters (lactones) is 1. The van der Waals surface area contributed by atoms with Gasteiger partial charge < -0.3 is 9.16 Å². The lowest BCUT2D eigenvalue weighted by Crippen LogP contribution is -2.63. The minimum Gasteiger partial charge on any atom is -0.461 e. The average molecular weight is 541 g/mol. The summed E-state index contributed by atoms with van der Waals surface area (Å²) in [5.41, 5.74) is 0. The van der Waals surface area contributed by atoms with Crippen molar-refractivity contribution in [1.29, 1.82) is 0 Å². The van der Waals surface area contributed by atoms with Crippen LogP contribution in [0.4, 0.5) is 0 Å². The van der Waals surface area contributed by atoms with Crippen molar-refractivity contribution in [3.8, 4) is 0 Å². The topological polar surface area (TPSA) is 35.5 Å². The number of carbonyl (C=O) groups excluding carboxylic acids is 1. The van der Waals surface area contributed by atoms with Gasteiger partial charge in [0.25, 0.3) is 0 Å². The molecule has 0 aromatic carbocycles. The molecule has 1 fully saturated rings. The molecule has 0 saturated carbocycles. The molecule has 1 aliphatic rings. The van der Waals surface area contributed by atoms with Crippen molar-refractivity contribution in [3.63, 3.8) is 0 Å². The second-order valence-electron chi connectivity index (χ2n) is 14.3. The van der Waals surface area contributed by atoms with Gasteiger partial charge in [0.15, 0.2) is 8.32 Å². The molecule has 1 heterocycles. The normalized spacial score (nSPS) is 21.8. The van der Waals surface area contributed by atoms with E-state index in [9.17, 15) is 4.79 Å². The SMILES string of the molecule is CCCCCCCCCC[C@]1([Si](C)(C)C)C(=O)O[C@H]1C[C@H](CCCCCCC)O[Si](C)(C)C(C)(C)C. The number of rotatable bonds is 20. The number of hydrogen-bond donors (Lipinski definition) is 0. The molecule has 0 aromatic heterocycles. The summed E-state index contributed by atoms with van der Waals surface area (Å²) in [6.07, 6.45) is 20.2. The second kappa shape index (κ2) is 15.5. The van der Waals surface area contributed by atoms with Crippen molar-refractivity contribution in [2.24, 2.45) is 0 Å². The quantitative estimate of drug-likeness (QED) is 0.0875. The van der Waals surface area contributed by atoms with Crippen molar-refractivity contribution >= 4 is 22.4 Å². The summed E-state index contributed by atoms with van der Waals surface area (Å²) in [5.74, 6) is 0.101. The van der Waals surface area contributed by atoms with E-state index in [1.807, 2.05) is 0 Å². The number of ether oxygens (including phenoxy) is 1. The van der Waals surface area contributed by atoms with Crippen molar-refractivity contribution in [3.05, 3.63) is 0 Å². The van der Waals surface area contributed by atoms with Gasteiger partial charge in [-0.2, -0.15) is 0 Å². The number of unbranched alkanes of at least 4 members (excludes halogenated alkanes) is 11. The first-order chi connectivity index (χ1) is 16.7. The zero-order valence-electron chi connectivity index (χ0n) is 26.2. The fraction of sp³-hybridized carbons (Fsp3) is 0.968. The summed E-state index contributed by atoms with van der Waals surface area (Å²) in [6.45, 7) is 23.4. The molecular formula is C31H64O3Si2. The van der Waals surface area contributed by atoms with Gasteiger partial charge in [-0.3, -0.25) is 4.79 Å². The lowest BCUT2D eigenvalue weighted by molar-refractivity contribution is -0.186. The van der Waals surface area contributed by atoms with Gasteiger partial charge in [0.2, 0.25) is 0 Å². The number of esters is 1. The molecule has 0 unspecified atom stereocenters. The fourth-order valence-electron chi connectivity index (χ4n) is 5.66. The molecular weight excluding hydrogens is 477 g/mol. The van der Waals surface area contributed by atoms with Gasteiger partial charge in [0.05, 0.1) is 13.1 Å². The molecule has 0 amide bonds. The summed E-state index contributed by atoms with van der Waals surface area (Å²) in [4.78, 5) is 13.2. The monoisotopic (exact) mass is 540 g/mol. The van der Waals surface area contributed by atoms with E-state index in [0.717, 1.165) is 25.7 Å². The molecule has 0 aromatic rings. The highest BCUT2D eigenvalue weighted by molar-refractivity contribution is 6.83. The van der Waals surface area contributed by atoms with Crippen LogP contribution in [0.2, 0.25) is 42.8 Å². The Morgan fingerprint density at radius 3 is 1.72 bits per heavy atom. The molecule has 214 valence electrons. The minimum absolute atomic E-state index is 0.0478. The summed E-state index contributed by atoms with van der Waals surface area (Å²) in [6, 6.07) is 0. The van der Waals surface area contributed by atoms with Crippen LogP contribution >= 0.6 is 0 Å². The van der Waals surface area contributed by atoms with E-state index in [4.69, 9.17) is 9.16 Å². The maximum atomic E-state index is 13.2. The van der Waals surface area contributed by atoms with Gasteiger partial charge in [-0.05, 0) is 31.0 Å². The molecule has 3 nitrogen and oxygen atoms in total. The first-order valence-electron chi connectivity index (χ1n) is 15.6. The van der Waals surface area contributed by atoms with E-state index in [1.54, 1.807) is 0 Å². The van der Waals surface area contributed by atoms with Gasteiger partial charge in [-0.25, -0.2) is 0 Å². The Labute approximate surface area is 228 Å². The Hall–Kier alpha value is -0.136. The zero-order valence-corrected chi connectivity index (χ0v) is 28.2. The summed E-state index contributed by atoms with van der Waals surface area (Å²) >= 11 is 0. The molecule has 1 saturated heterocycles. The lowest BCUT2D eigenvalue weighted by Gasteiger charge is -2.55. The third-order valence-corrected chi connectivity index (χ3v) is 17.3. The first-order valence-corrected chi connectivity index (χ1v) is 22.0. The number of carbonyl (C=O) groups is 1. The summed E-state index contributed by atoms with van der Waals surface area (Å²) in [7, 11) is -3.65. The third kappa shape index (κ3) is 9.87. The summed E-state index contributed by atoms with van der Waals surface area (Å²) in [5, 5.41) is -0.0385. The van der Waals surface area contributed by atoms with Crippen LogP contribution < -0.4 is 0 Å². The lowest BCUT2D eigenvalue weighted by atomic mass is 9.85. The zero-order chi connectivity index (χ0) is 27.5. The van der Waals surface area contributed by atoms with Crippen molar-refractivity contribution in [2.75, 3.05) is 0 Å². The molecule has 5 heteroatoms. The van der Waals surface area contributed by atoms with Crippen LogP contribution in [0.1, 0.15) is 137 Å². The standard InChI is InChI=1S/C31H64O3Si2/c1-11-13-15-17-18-19-21-23-25-31(35(6,7)8)28(33-29(31)32)26-27(24-22-20-16-14-12-2)34-36(9,10)30(3,4)5/h27-28H,11-26H2,1-10H3/t27-,28-,31+/m0/s1. The molecule has 0 spiro atoms. The van der Waals surface area contributed by atoms with Gasteiger partial charge in [0, 0.05) is 12.5 Å². The Balaban J connectivity index is 2.87. The second-order valence-corrected chi connectivity index (χ2v) is 24.4. The maximum absolute atomic E-state index is 13.2. The first kappa shape index (κ1) is 33.9. The predicted molar refractivity (Wildman–Crippen MR) is 163 cm³/mol. The number of hydrogen-bond acceptors (Lipinski definition) is 3. The molecule has 0 radical (unpaired) electrons. The molecule has 0 N–H and O–H groups in total. The van der Waals surface area contributed by atoms with E-state index in [1.165, 1.54) is 77.0 Å². The van der Waals surface area contributed by atoms with Gasteiger partial charge >= 0.3 is 5.97 Å². The Morgan fingerprint density at radius 1 is 0.806 bits per heavy atom. The fourth-order valence-corrected chi connectivity index (χ4v) is 9.80. The van der Waals surface area contributed by atoms with E-state index >= 15 is 0 Å². The molecule has 1 rings (SSSR count). The van der Waals surface area contributed by atoms with E-state index in [2.05, 4.69) is 67.4 Å². The molecule has 1 aliphatic heterocycles. The summed E-state index contributed by atoms with van der Waals surface area (Å²) < 4.78 is 13.0. The van der Waals surface area contributed by atoms with E-state index < -0.39 is 16.4 Å². The highest BCUT2D eigenvalue weighted by Crippen LogP contribution is 2.57. The predicted octanol–water partition coefficient (Wildman–Crippen LogP) is 10.7. The van der Waals surface area contributed by atoms with Crippen LogP contribution in [0.3, 0.4) is 0 Å².